The SMILES string of the molecule is c1ccc(N(c2ccccc2)c2ccc(-c3ccc(-c4ccc(N(c5ccccc5)c5ccccc5)cc4)c4nn(-c5cnccn5)nc34)cc2)cc1. The van der Waals surface area contributed by atoms with Crippen molar-refractivity contribution in [3.8, 4) is 28.1 Å². The molecule has 0 saturated heterocycles. The quantitative estimate of drug-likeness (QED) is 0.151. The molecule has 7 nitrogen and oxygen atoms in total. The van der Waals surface area contributed by atoms with Crippen LogP contribution in [-0.4, -0.2) is 25.0 Å². The minimum absolute atomic E-state index is 0.550. The van der Waals surface area contributed by atoms with Crippen molar-refractivity contribution in [2.24, 2.45) is 0 Å². The highest BCUT2D eigenvalue weighted by molar-refractivity contribution is 6.01. The molecule has 0 radical (unpaired) electrons. The fourth-order valence-electron chi connectivity index (χ4n) is 6.74. The lowest BCUT2D eigenvalue weighted by atomic mass is 9.97. The van der Waals surface area contributed by atoms with Crippen molar-refractivity contribution in [3.05, 3.63) is 201 Å². The summed E-state index contributed by atoms with van der Waals surface area (Å²) in [6.45, 7) is 0. The first-order valence-corrected chi connectivity index (χ1v) is 17.5. The number of aromatic nitrogens is 5. The second kappa shape index (κ2) is 14.1. The maximum Gasteiger partial charge on any atom is 0.192 e. The van der Waals surface area contributed by atoms with E-state index in [1.165, 1.54) is 0 Å². The van der Waals surface area contributed by atoms with Gasteiger partial charge in [0.15, 0.2) is 5.82 Å². The topological polar surface area (TPSA) is 63.0 Å². The second-order valence-electron chi connectivity index (χ2n) is 12.5. The molecule has 0 spiro atoms. The largest absolute Gasteiger partial charge is 0.311 e. The number of nitrogens with zero attached hydrogens (tertiary/aromatic N) is 7. The Morgan fingerprint density at radius 1 is 0.358 bits per heavy atom. The van der Waals surface area contributed by atoms with E-state index in [0.29, 0.717) is 5.82 Å². The van der Waals surface area contributed by atoms with Crippen LogP contribution in [0, 0.1) is 0 Å². The molecular formula is C46H33N7. The van der Waals surface area contributed by atoms with E-state index in [1.54, 1.807) is 23.4 Å². The van der Waals surface area contributed by atoms with Crippen LogP contribution < -0.4 is 9.80 Å². The van der Waals surface area contributed by atoms with Gasteiger partial charge in [-0.25, -0.2) is 4.98 Å². The van der Waals surface area contributed by atoms with E-state index in [1.807, 2.05) is 24.3 Å². The van der Waals surface area contributed by atoms with Gasteiger partial charge in [0.2, 0.25) is 0 Å². The number of rotatable bonds is 9. The van der Waals surface area contributed by atoms with Crippen molar-refractivity contribution in [3.63, 3.8) is 0 Å². The summed E-state index contributed by atoms with van der Waals surface area (Å²) in [6, 6.07) is 63.2. The van der Waals surface area contributed by atoms with Crippen LogP contribution in [0.15, 0.2) is 201 Å². The molecule has 9 aromatic rings. The monoisotopic (exact) mass is 683 g/mol. The lowest BCUT2D eigenvalue weighted by Crippen LogP contribution is -2.09. The van der Waals surface area contributed by atoms with Crippen LogP contribution >= 0.6 is 0 Å². The average Bonchev–Trinajstić information content (AvgIpc) is 3.69. The van der Waals surface area contributed by atoms with Crippen LogP contribution in [0.25, 0.3) is 39.1 Å². The van der Waals surface area contributed by atoms with Gasteiger partial charge in [-0.1, -0.05) is 109 Å². The predicted octanol–water partition coefficient (Wildman–Crippen LogP) is 11.5. The first kappa shape index (κ1) is 31.6. The smallest absolute Gasteiger partial charge is 0.192 e. The third kappa shape index (κ3) is 6.28. The van der Waals surface area contributed by atoms with E-state index in [2.05, 4.69) is 177 Å². The molecule has 0 aliphatic rings. The Morgan fingerprint density at radius 2 is 0.717 bits per heavy atom. The van der Waals surface area contributed by atoms with Gasteiger partial charge in [0.1, 0.15) is 11.0 Å². The molecule has 2 heterocycles. The van der Waals surface area contributed by atoms with Crippen LogP contribution in [0.4, 0.5) is 34.1 Å². The maximum atomic E-state index is 5.01. The van der Waals surface area contributed by atoms with Crippen LogP contribution in [0.3, 0.4) is 0 Å². The molecule has 0 bridgehead atoms. The molecule has 53 heavy (non-hydrogen) atoms. The van der Waals surface area contributed by atoms with Crippen molar-refractivity contribution in [1.82, 2.24) is 25.0 Å². The fraction of sp³-hybridized carbons (Fsp3) is 0. The van der Waals surface area contributed by atoms with Gasteiger partial charge < -0.3 is 9.80 Å². The molecule has 0 aliphatic carbocycles. The summed E-state index contributed by atoms with van der Waals surface area (Å²) in [7, 11) is 0. The molecule has 0 saturated carbocycles. The molecule has 0 unspecified atom stereocenters. The first-order chi connectivity index (χ1) is 26.3. The molecule has 252 valence electrons. The molecule has 9 rings (SSSR count). The number of hydrogen-bond acceptors (Lipinski definition) is 6. The number of hydrogen-bond donors (Lipinski definition) is 0. The van der Waals surface area contributed by atoms with Crippen LogP contribution in [0.1, 0.15) is 0 Å². The van der Waals surface area contributed by atoms with Crippen molar-refractivity contribution in [2.75, 3.05) is 9.80 Å². The highest BCUT2D eigenvalue weighted by atomic mass is 15.5. The summed E-state index contributed by atoms with van der Waals surface area (Å²) in [5.74, 6) is 0.550. The third-order valence-corrected chi connectivity index (χ3v) is 9.23. The van der Waals surface area contributed by atoms with Gasteiger partial charge in [0.25, 0.3) is 0 Å². The molecule has 2 aromatic heterocycles. The van der Waals surface area contributed by atoms with E-state index >= 15 is 0 Å². The Labute approximate surface area is 307 Å². The van der Waals surface area contributed by atoms with Crippen molar-refractivity contribution >= 4 is 45.2 Å². The summed E-state index contributed by atoms with van der Waals surface area (Å²) in [5.41, 5.74) is 12.1. The van der Waals surface area contributed by atoms with E-state index < -0.39 is 0 Å². The van der Waals surface area contributed by atoms with Crippen LogP contribution in [0.2, 0.25) is 0 Å². The Balaban J connectivity index is 1.12. The van der Waals surface area contributed by atoms with Gasteiger partial charge in [-0.15, -0.1) is 15.0 Å². The summed E-state index contributed by atoms with van der Waals surface area (Å²) in [6.07, 6.45) is 4.97. The summed E-state index contributed by atoms with van der Waals surface area (Å²) in [5, 5.41) is 10.0. The van der Waals surface area contributed by atoms with Crippen molar-refractivity contribution in [1.29, 1.82) is 0 Å². The Hall–Kier alpha value is -7.38. The number of anilines is 6. The van der Waals surface area contributed by atoms with Crippen molar-refractivity contribution < 1.29 is 0 Å². The molecular weight excluding hydrogens is 651 g/mol. The second-order valence-corrected chi connectivity index (χ2v) is 12.5. The zero-order valence-corrected chi connectivity index (χ0v) is 28.7. The maximum absolute atomic E-state index is 5.01. The Bertz CT molecular complexity index is 2330. The molecule has 0 fully saturated rings. The first-order valence-electron chi connectivity index (χ1n) is 17.5. The van der Waals surface area contributed by atoms with E-state index in [9.17, 15) is 0 Å². The summed E-state index contributed by atoms with van der Waals surface area (Å²) in [4.78, 5) is 14.9. The zero-order chi connectivity index (χ0) is 35.4. The van der Waals surface area contributed by atoms with E-state index in [4.69, 9.17) is 10.2 Å². The molecule has 7 heteroatoms. The normalized spacial score (nSPS) is 11.0. The minimum atomic E-state index is 0.550. The van der Waals surface area contributed by atoms with Gasteiger partial charge in [-0.2, -0.15) is 0 Å². The summed E-state index contributed by atoms with van der Waals surface area (Å²) < 4.78 is 0. The highest BCUT2D eigenvalue weighted by Crippen LogP contribution is 2.40. The van der Waals surface area contributed by atoms with Crippen LogP contribution in [0.5, 0.6) is 0 Å². The fourth-order valence-corrected chi connectivity index (χ4v) is 6.74. The summed E-state index contributed by atoms with van der Waals surface area (Å²) >= 11 is 0. The minimum Gasteiger partial charge on any atom is -0.311 e. The lowest BCUT2D eigenvalue weighted by Gasteiger charge is -2.25. The molecule has 0 amide bonds. The van der Waals surface area contributed by atoms with E-state index in [0.717, 1.165) is 67.4 Å². The number of para-hydroxylation sites is 4. The standard InChI is InChI=1S/C46H33N7/c1-5-13-36(14-6-1)51(37-15-7-2-8-16-37)40-25-21-34(22-26-40)42-29-30-43(46-45(42)49-53(50-46)44-33-47-31-32-48-44)35-23-27-41(28-24-35)52(38-17-9-3-10-18-38)39-19-11-4-12-20-39/h1-33H. The van der Waals surface area contributed by atoms with Gasteiger partial charge >= 0.3 is 0 Å². The third-order valence-electron chi connectivity index (χ3n) is 9.23. The molecule has 0 aliphatic heterocycles. The number of fused-ring (bicyclic) bond motifs is 1. The zero-order valence-electron chi connectivity index (χ0n) is 28.7. The van der Waals surface area contributed by atoms with Crippen LogP contribution in [-0.2, 0) is 0 Å². The van der Waals surface area contributed by atoms with Gasteiger partial charge in [0.05, 0.1) is 6.20 Å². The molecule has 0 atom stereocenters. The Morgan fingerprint density at radius 3 is 1.06 bits per heavy atom. The van der Waals surface area contributed by atoms with E-state index in [-0.39, 0.29) is 0 Å². The number of benzene rings is 7. The molecule has 7 aromatic carbocycles. The Kier molecular flexibility index (Phi) is 8.40. The van der Waals surface area contributed by atoms with Gasteiger partial charge in [-0.05, 0) is 83.9 Å². The average molecular weight is 684 g/mol. The van der Waals surface area contributed by atoms with Crippen molar-refractivity contribution in [2.45, 2.75) is 0 Å². The lowest BCUT2D eigenvalue weighted by molar-refractivity contribution is 0.737. The van der Waals surface area contributed by atoms with Gasteiger partial charge in [0, 0.05) is 57.6 Å². The van der Waals surface area contributed by atoms with Gasteiger partial charge in [-0.3, -0.25) is 4.98 Å². The highest BCUT2D eigenvalue weighted by Gasteiger charge is 2.19. The molecule has 0 N–H and O–H groups in total. The predicted molar refractivity (Wildman–Crippen MR) is 215 cm³/mol.